The Labute approximate surface area is 141 Å². The molecule has 1 N–H and O–H groups in total. The molecule has 0 atom stereocenters. The van der Waals surface area contributed by atoms with E-state index in [-0.39, 0.29) is 0 Å². The smallest absolute Gasteiger partial charge is 0.0642 e. The first-order chi connectivity index (χ1) is 11.8. The molecule has 0 unspecified atom stereocenters. The number of nitrogens with one attached hydrogen (secondary N) is 1. The number of H-pyrrole nitrogens is 1. The zero-order chi connectivity index (χ0) is 16.4. The van der Waals surface area contributed by atoms with Crippen molar-refractivity contribution in [1.29, 1.82) is 0 Å². The van der Waals surface area contributed by atoms with Crippen molar-refractivity contribution in [2.75, 3.05) is 31.2 Å². The fourth-order valence-electron chi connectivity index (χ4n) is 3.17. The van der Waals surface area contributed by atoms with Crippen LogP contribution in [0.15, 0.2) is 53.5 Å². The fraction of sp³-hybridized carbons (Fsp3) is 0.250. The van der Waals surface area contributed by atoms with Gasteiger partial charge in [0.05, 0.1) is 18.9 Å². The third-order valence-corrected chi connectivity index (χ3v) is 4.51. The number of nitrogens with zero attached hydrogens (tertiary/aromatic N) is 2. The standard InChI is InChI=1S/C20H21N3O/c1-15-19(18-4-2-3-5-20(18)22-15)14-21-16-6-8-17(9-7-16)23-10-12-24-13-11-23/h2-9,14,22H,10-13H2,1H3. The molecule has 0 spiro atoms. The van der Waals surface area contributed by atoms with Crippen LogP contribution in [-0.2, 0) is 4.74 Å². The highest BCUT2D eigenvalue weighted by molar-refractivity contribution is 6.01. The summed E-state index contributed by atoms with van der Waals surface area (Å²) in [5.74, 6) is 0. The van der Waals surface area contributed by atoms with Gasteiger partial charge >= 0.3 is 0 Å². The molecule has 1 aromatic heterocycles. The molecule has 1 aliphatic rings. The van der Waals surface area contributed by atoms with Gasteiger partial charge in [-0.2, -0.15) is 0 Å². The van der Waals surface area contributed by atoms with Gasteiger partial charge < -0.3 is 14.6 Å². The first kappa shape index (κ1) is 15.0. The summed E-state index contributed by atoms with van der Waals surface area (Å²) in [4.78, 5) is 10.4. The molecule has 0 radical (unpaired) electrons. The topological polar surface area (TPSA) is 40.6 Å². The number of aromatic nitrogens is 1. The predicted molar refractivity (Wildman–Crippen MR) is 99.8 cm³/mol. The second-order valence-electron chi connectivity index (χ2n) is 6.08. The predicted octanol–water partition coefficient (Wildman–Crippen LogP) is 4.06. The second-order valence-corrected chi connectivity index (χ2v) is 6.08. The van der Waals surface area contributed by atoms with Crippen LogP contribution in [0.25, 0.3) is 10.9 Å². The van der Waals surface area contributed by atoms with Crippen molar-refractivity contribution in [2.45, 2.75) is 6.92 Å². The third kappa shape index (κ3) is 2.93. The summed E-state index contributed by atoms with van der Waals surface area (Å²) in [6, 6.07) is 16.8. The molecule has 0 bridgehead atoms. The first-order valence-corrected chi connectivity index (χ1v) is 8.35. The Bertz CT molecular complexity index is 858. The van der Waals surface area contributed by atoms with Crippen LogP contribution in [0.3, 0.4) is 0 Å². The lowest BCUT2D eigenvalue weighted by molar-refractivity contribution is 0.122. The number of hydrogen-bond donors (Lipinski definition) is 1. The molecule has 0 saturated carbocycles. The minimum atomic E-state index is 0.805. The van der Waals surface area contributed by atoms with E-state index in [0.717, 1.165) is 48.8 Å². The Morgan fingerprint density at radius 1 is 1.04 bits per heavy atom. The lowest BCUT2D eigenvalue weighted by Gasteiger charge is -2.28. The van der Waals surface area contributed by atoms with E-state index in [1.165, 1.54) is 11.1 Å². The Hall–Kier alpha value is -2.59. The third-order valence-electron chi connectivity index (χ3n) is 4.51. The van der Waals surface area contributed by atoms with E-state index in [4.69, 9.17) is 4.74 Å². The molecule has 1 aliphatic heterocycles. The molecule has 4 nitrogen and oxygen atoms in total. The van der Waals surface area contributed by atoms with Gasteiger partial charge in [-0.05, 0) is 37.3 Å². The van der Waals surface area contributed by atoms with Crippen LogP contribution >= 0.6 is 0 Å². The average molecular weight is 319 g/mol. The van der Waals surface area contributed by atoms with Crippen molar-refractivity contribution in [3.05, 3.63) is 59.8 Å². The minimum Gasteiger partial charge on any atom is -0.378 e. The molecule has 2 heterocycles. The maximum Gasteiger partial charge on any atom is 0.0642 e. The van der Waals surface area contributed by atoms with Crippen LogP contribution in [-0.4, -0.2) is 37.5 Å². The molecule has 0 amide bonds. The van der Waals surface area contributed by atoms with Crippen LogP contribution < -0.4 is 4.90 Å². The normalized spacial score (nSPS) is 15.5. The minimum absolute atomic E-state index is 0.805. The van der Waals surface area contributed by atoms with Gasteiger partial charge in [-0.3, -0.25) is 4.99 Å². The van der Waals surface area contributed by atoms with Crippen molar-refractivity contribution in [3.8, 4) is 0 Å². The number of benzene rings is 2. The van der Waals surface area contributed by atoms with E-state index in [0.29, 0.717) is 0 Å². The van der Waals surface area contributed by atoms with Gasteiger partial charge in [0.25, 0.3) is 0 Å². The SMILES string of the molecule is Cc1[nH]c2ccccc2c1C=Nc1ccc(N2CCOCC2)cc1. The lowest BCUT2D eigenvalue weighted by Crippen LogP contribution is -2.36. The van der Waals surface area contributed by atoms with Crippen molar-refractivity contribution in [1.82, 2.24) is 4.98 Å². The highest BCUT2D eigenvalue weighted by atomic mass is 16.5. The highest BCUT2D eigenvalue weighted by Crippen LogP contribution is 2.23. The quantitative estimate of drug-likeness (QED) is 0.740. The molecule has 1 fully saturated rings. The number of hydrogen-bond acceptors (Lipinski definition) is 3. The lowest BCUT2D eigenvalue weighted by atomic mass is 10.1. The van der Waals surface area contributed by atoms with Gasteiger partial charge in [-0.1, -0.05) is 18.2 Å². The molecule has 3 aromatic rings. The van der Waals surface area contributed by atoms with Gasteiger partial charge in [0.15, 0.2) is 0 Å². The van der Waals surface area contributed by atoms with Crippen molar-refractivity contribution >= 4 is 28.5 Å². The first-order valence-electron chi connectivity index (χ1n) is 8.35. The molecule has 0 aliphatic carbocycles. The van der Waals surface area contributed by atoms with Crippen LogP contribution in [0.2, 0.25) is 0 Å². The van der Waals surface area contributed by atoms with Crippen molar-refractivity contribution in [3.63, 3.8) is 0 Å². The molecule has 24 heavy (non-hydrogen) atoms. The monoisotopic (exact) mass is 319 g/mol. The number of para-hydroxylation sites is 1. The van der Waals surface area contributed by atoms with Gasteiger partial charge in [-0.25, -0.2) is 0 Å². The van der Waals surface area contributed by atoms with Crippen LogP contribution in [0, 0.1) is 6.92 Å². The summed E-state index contributed by atoms with van der Waals surface area (Å²) in [6.07, 6.45) is 1.96. The molecular weight excluding hydrogens is 298 g/mol. The number of fused-ring (bicyclic) bond motifs is 1. The largest absolute Gasteiger partial charge is 0.378 e. The summed E-state index contributed by atoms with van der Waals surface area (Å²) in [5.41, 5.74) is 5.66. The number of anilines is 1. The van der Waals surface area contributed by atoms with E-state index >= 15 is 0 Å². The Balaban J connectivity index is 1.56. The fourth-order valence-corrected chi connectivity index (χ4v) is 3.17. The van der Waals surface area contributed by atoms with Gasteiger partial charge in [0.2, 0.25) is 0 Å². The van der Waals surface area contributed by atoms with Crippen LogP contribution in [0.1, 0.15) is 11.3 Å². The number of morpholine rings is 1. The maximum atomic E-state index is 5.40. The Morgan fingerprint density at radius 2 is 1.79 bits per heavy atom. The van der Waals surface area contributed by atoms with Crippen molar-refractivity contribution in [2.24, 2.45) is 4.99 Å². The number of ether oxygens (including phenoxy) is 1. The number of aryl methyl sites for hydroxylation is 1. The van der Waals surface area contributed by atoms with Crippen LogP contribution in [0.4, 0.5) is 11.4 Å². The summed E-state index contributed by atoms with van der Waals surface area (Å²) < 4.78 is 5.40. The van der Waals surface area contributed by atoms with Gasteiger partial charge in [0, 0.05) is 47.2 Å². The Kier molecular flexibility index (Phi) is 4.05. The van der Waals surface area contributed by atoms with E-state index in [1.807, 2.05) is 12.3 Å². The van der Waals surface area contributed by atoms with E-state index in [2.05, 4.69) is 64.3 Å². The van der Waals surface area contributed by atoms with Gasteiger partial charge in [-0.15, -0.1) is 0 Å². The van der Waals surface area contributed by atoms with E-state index in [9.17, 15) is 0 Å². The molecule has 4 rings (SSSR count). The van der Waals surface area contributed by atoms with Gasteiger partial charge in [0.1, 0.15) is 0 Å². The second kappa shape index (κ2) is 6.49. The summed E-state index contributed by atoms with van der Waals surface area (Å²) in [5, 5.41) is 1.21. The highest BCUT2D eigenvalue weighted by Gasteiger charge is 2.10. The molecule has 1 saturated heterocycles. The zero-order valence-electron chi connectivity index (χ0n) is 13.8. The molecular formula is C20H21N3O. The maximum absolute atomic E-state index is 5.40. The number of rotatable bonds is 3. The number of aliphatic imine (C=N–C) groups is 1. The average Bonchev–Trinajstić information content (AvgIpc) is 2.96. The zero-order valence-corrected chi connectivity index (χ0v) is 13.8. The molecule has 2 aromatic carbocycles. The molecule has 122 valence electrons. The summed E-state index contributed by atoms with van der Waals surface area (Å²) in [7, 11) is 0. The van der Waals surface area contributed by atoms with Crippen molar-refractivity contribution < 1.29 is 4.74 Å². The summed E-state index contributed by atoms with van der Waals surface area (Å²) in [6.45, 7) is 5.61. The Morgan fingerprint density at radius 3 is 2.58 bits per heavy atom. The van der Waals surface area contributed by atoms with Crippen LogP contribution in [0.5, 0.6) is 0 Å². The number of aromatic amines is 1. The van der Waals surface area contributed by atoms with E-state index in [1.54, 1.807) is 0 Å². The molecule has 4 heteroatoms. The summed E-state index contributed by atoms with van der Waals surface area (Å²) >= 11 is 0. The van der Waals surface area contributed by atoms with E-state index < -0.39 is 0 Å².